The lowest BCUT2D eigenvalue weighted by Gasteiger charge is -2.29. The van der Waals surface area contributed by atoms with Gasteiger partial charge < -0.3 is 21.6 Å². The van der Waals surface area contributed by atoms with E-state index in [0.29, 0.717) is 6.10 Å². The molecule has 0 amide bonds. The van der Waals surface area contributed by atoms with Crippen molar-refractivity contribution in [2.24, 2.45) is 0 Å². The van der Waals surface area contributed by atoms with Gasteiger partial charge in [0, 0.05) is 6.42 Å². The molecule has 1 aliphatic rings. The fourth-order valence-electron chi connectivity index (χ4n) is 3.93. The van der Waals surface area contributed by atoms with E-state index in [9.17, 15) is 0 Å². The van der Waals surface area contributed by atoms with E-state index in [1.807, 2.05) is 0 Å². The Morgan fingerprint density at radius 1 is 0.630 bits per heavy atom. The van der Waals surface area contributed by atoms with Gasteiger partial charge in [-0.3, -0.25) is 0 Å². The van der Waals surface area contributed by atoms with Crippen LogP contribution in [-0.4, -0.2) is 44.4 Å². The molecule has 3 heteroatoms. The zero-order chi connectivity index (χ0) is 18.9. The molecule has 1 aliphatic heterocycles. The first-order valence-electron chi connectivity index (χ1n) is 12.1. The quantitative estimate of drug-likeness (QED) is 0.169. The Labute approximate surface area is 177 Å². The average Bonchev–Trinajstić information content (AvgIpc) is 3.44. The number of halogens is 1. The second-order valence-electron chi connectivity index (χ2n) is 9.43. The van der Waals surface area contributed by atoms with Crippen LogP contribution in [0.15, 0.2) is 0 Å². The first kappa shape index (κ1) is 27.2. The molecule has 0 N–H and O–H groups in total. The maximum Gasteiger partial charge on any atom is 0.0863 e. The summed E-state index contributed by atoms with van der Waals surface area (Å²) in [5, 5.41) is 0. The lowest BCUT2D eigenvalue weighted by molar-refractivity contribution is -0.890. The molecule has 0 aromatic rings. The van der Waals surface area contributed by atoms with E-state index in [0.717, 1.165) is 6.61 Å². The second kappa shape index (κ2) is 18.3. The van der Waals surface area contributed by atoms with Crippen LogP contribution in [0.5, 0.6) is 0 Å². The summed E-state index contributed by atoms with van der Waals surface area (Å²) in [5.74, 6) is 0. The zero-order valence-electron chi connectivity index (χ0n) is 19.0. The van der Waals surface area contributed by atoms with Crippen LogP contribution < -0.4 is 12.4 Å². The molecule has 1 unspecified atom stereocenters. The minimum atomic E-state index is 0. The Morgan fingerprint density at radius 2 is 1.00 bits per heavy atom. The van der Waals surface area contributed by atoms with E-state index in [4.69, 9.17) is 4.74 Å². The van der Waals surface area contributed by atoms with Crippen molar-refractivity contribution in [3.8, 4) is 0 Å². The predicted molar refractivity (Wildman–Crippen MR) is 116 cm³/mol. The number of quaternary nitrogens is 1. The molecule has 0 radical (unpaired) electrons. The maximum absolute atomic E-state index is 5.33. The van der Waals surface area contributed by atoms with Crippen molar-refractivity contribution in [2.45, 2.75) is 122 Å². The first-order valence-corrected chi connectivity index (χ1v) is 12.1. The summed E-state index contributed by atoms with van der Waals surface area (Å²) in [4.78, 5) is 0. The summed E-state index contributed by atoms with van der Waals surface area (Å²) in [6.07, 6.45) is 25.1. The molecule has 1 rings (SSSR count). The molecule has 0 aromatic carbocycles. The highest BCUT2D eigenvalue weighted by molar-refractivity contribution is 4.67. The molecule has 0 saturated carbocycles. The Morgan fingerprint density at radius 3 is 1.37 bits per heavy atom. The van der Waals surface area contributed by atoms with Crippen molar-refractivity contribution in [2.75, 3.05) is 33.8 Å². The van der Waals surface area contributed by atoms with Crippen LogP contribution in [0, 0.1) is 0 Å². The molecule has 1 saturated heterocycles. The zero-order valence-corrected chi connectivity index (χ0v) is 19.7. The van der Waals surface area contributed by atoms with Crippen LogP contribution in [0.1, 0.15) is 116 Å². The average molecular weight is 404 g/mol. The van der Waals surface area contributed by atoms with Gasteiger partial charge in [0.15, 0.2) is 0 Å². The number of hydrogen-bond donors (Lipinski definition) is 0. The van der Waals surface area contributed by atoms with Crippen LogP contribution in [0.2, 0.25) is 0 Å². The standard InChI is InChI=1S/C24H50NO.ClH/c1-4-5-6-7-8-9-10-11-12-13-14-15-16-17-18-19-21-25(2,3)22-20-24-23-26-24;/h24H,4-23H2,1-3H3;1H/q+1;/p-1. The van der Waals surface area contributed by atoms with Gasteiger partial charge in [-0.05, 0) is 12.8 Å². The van der Waals surface area contributed by atoms with E-state index in [-0.39, 0.29) is 12.4 Å². The molecule has 0 aromatic heterocycles. The van der Waals surface area contributed by atoms with Crippen molar-refractivity contribution in [3.63, 3.8) is 0 Å². The van der Waals surface area contributed by atoms with Gasteiger partial charge in [-0.25, -0.2) is 0 Å². The second-order valence-corrected chi connectivity index (χ2v) is 9.43. The Kier molecular flexibility index (Phi) is 18.4. The van der Waals surface area contributed by atoms with Crippen molar-refractivity contribution < 1.29 is 21.6 Å². The summed E-state index contributed by atoms with van der Waals surface area (Å²) in [7, 11) is 4.77. The normalized spacial score (nSPS) is 16.3. The van der Waals surface area contributed by atoms with E-state index in [2.05, 4.69) is 21.0 Å². The molecule has 2 nitrogen and oxygen atoms in total. The van der Waals surface area contributed by atoms with Gasteiger partial charge in [0.2, 0.25) is 0 Å². The van der Waals surface area contributed by atoms with Crippen LogP contribution >= 0.6 is 0 Å². The third-order valence-corrected chi connectivity index (χ3v) is 6.08. The summed E-state index contributed by atoms with van der Waals surface area (Å²) in [6, 6.07) is 0. The number of hydrogen-bond acceptors (Lipinski definition) is 1. The van der Waals surface area contributed by atoms with Crippen LogP contribution in [0.3, 0.4) is 0 Å². The highest BCUT2D eigenvalue weighted by atomic mass is 35.5. The monoisotopic (exact) mass is 403 g/mol. The van der Waals surface area contributed by atoms with Crippen LogP contribution in [0.4, 0.5) is 0 Å². The lowest BCUT2D eigenvalue weighted by Crippen LogP contribution is -3.00. The molecular weight excluding hydrogens is 354 g/mol. The highest BCUT2D eigenvalue weighted by Crippen LogP contribution is 2.17. The number of epoxide rings is 1. The van der Waals surface area contributed by atoms with E-state index in [1.54, 1.807) is 0 Å². The minimum absolute atomic E-state index is 0. The summed E-state index contributed by atoms with van der Waals surface area (Å²) in [6.45, 7) is 5.93. The largest absolute Gasteiger partial charge is 1.00 e. The van der Waals surface area contributed by atoms with Crippen molar-refractivity contribution in [1.29, 1.82) is 0 Å². The van der Waals surface area contributed by atoms with E-state index < -0.39 is 0 Å². The summed E-state index contributed by atoms with van der Waals surface area (Å²) >= 11 is 0. The molecule has 1 fully saturated rings. The maximum atomic E-state index is 5.33. The van der Waals surface area contributed by atoms with Crippen molar-refractivity contribution in [3.05, 3.63) is 0 Å². The Hall–Kier alpha value is 0.210. The number of unbranched alkanes of at least 4 members (excludes halogenated alkanes) is 15. The fraction of sp³-hybridized carbons (Fsp3) is 1.00. The molecule has 0 aliphatic carbocycles. The molecule has 164 valence electrons. The van der Waals surface area contributed by atoms with Gasteiger partial charge in [-0.2, -0.15) is 0 Å². The third-order valence-electron chi connectivity index (χ3n) is 6.08. The topological polar surface area (TPSA) is 12.5 Å². The molecule has 1 atom stereocenters. The highest BCUT2D eigenvalue weighted by Gasteiger charge is 2.26. The smallest absolute Gasteiger partial charge is 0.0863 e. The van der Waals surface area contributed by atoms with Gasteiger partial charge in [-0.1, -0.05) is 96.8 Å². The van der Waals surface area contributed by atoms with Crippen LogP contribution in [0.25, 0.3) is 0 Å². The SMILES string of the molecule is CCCCCCCCCCCCCCCCCC[N+](C)(C)CCC1CO1.[Cl-]. The van der Waals surface area contributed by atoms with Gasteiger partial charge in [0.1, 0.15) is 0 Å². The van der Waals surface area contributed by atoms with E-state index in [1.165, 1.54) is 127 Å². The number of rotatable bonds is 20. The fourth-order valence-corrected chi connectivity index (χ4v) is 3.93. The van der Waals surface area contributed by atoms with E-state index >= 15 is 0 Å². The molecular formula is C24H50ClNO. The van der Waals surface area contributed by atoms with Crippen molar-refractivity contribution in [1.82, 2.24) is 0 Å². The predicted octanol–water partition coefficient (Wildman–Crippen LogP) is 4.12. The van der Waals surface area contributed by atoms with Gasteiger partial charge in [0.25, 0.3) is 0 Å². The Balaban J connectivity index is 0.00000676. The van der Waals surface area contributed by atoms with Crippen molar-refractivity contribution >= 4 is 0 Å². The summed E-state index contributed by atoms with van der Waals surface area (Å²) in [5.41, 5.74) is 0. The Bertz CT molecular complexity index is 305. The first-order chi connectivity index (χ1) is 12.6. The lowest BCUT2D eigenvalue weighted by atomic mass is 10.0. The number of nitrogens with zero attached hydrogens (tertiary/aromatic N) is 1. The number of ether oxygens (including phenoxy) is 1. The van der Waals surface area contributed by atoms with Gasteiger partial charge in [0.05, 0.1) is 39.9 Å². The van der Waals surface area contributed by atoms with Gasteiger partial charge >= 0.3 is 0 Å². The van der Waals surface area contributed by atoms with Crippen LogP contribution in [-0.2, 0) is 4.74 Å². The molecule has 27 heavy (non-hydrogen) atoms. The van der Waals surface area contributed by atoms with Gasteiger partial charge in [-0.15, -0.1) is 0 Å². The molecule has 0 bridgehead atoms. The molecule has 1 heterocycles. The summed E-state index contributed by atoms with van der Waals surface area (Å²) < 4.78 is 6.51. The third kappa shape index (κ3) is 19.3. The molecule has 0 spiro atoms. The minimum Gasteiger partial charge on any atom is -1.00 e.